The average molecular weight is 572 g/mol. The van der Waals surface area contributed by atoms with Crippen LogP contribution in [0.5, 0.6) is 0 Å². The van der Waals surface area contributed by atoms with Crippen molar-refractivity contribution in [3.63, 3.8) is 0 Å². The third kappa shape index (κ3) is 5.17. The fourth-order valence-electron chi connectivity index (χ4n) is 4.24. The maximum Gasteiger partial charge on any atom is 0.342 e. The van der Waals surface area contributed by atoms with E-state index in [0.29, 0.717) is 27.8 Å². The van der Waals surface area contributed by atoms with Crippen molar-refractivity contribution in [1.29, 1.82) is 0 Å². The summed E-state index contributed by atoms with van der Waals surface area (Å²) in [6, 6.07) is 16.2. The van der Waals surface area contributed by atoms with Crippen LogP contribution >= 0.6 is 15.9 Å². The van der Waals surface area contributed by atoms with Gasteiger partial charge in [-0.15, -0.1) is 0 Å². The van der Waals surface area contributed by atoms with E-state index >= 15 is 0 Å². The van der Waals surface area contributed by atoms with Crippen LogP contribution in [0.4, 0.5) is 10.1 Å². The molecule has 4 aromatic rings. The molecule has 186 valence electrons. The van der Waals surface area contributed by atoms with Gasteiger partial charge in [-0.1, -0.05) is 28.1 Å². The molecule has 0 amide bonds. The number of hydrogen-bond acceptors (Lipinski definition) is 5. The minimum atomic E-state index is -3.73. The van der Waals surface area contributed by atoms with E-state index in [1.165, 1.54) is 24.3 Å². The van der Waals surface area contributed by atoms with Gasteiger partial charge in [-0.25, -0.2) is 17.6 Å². The van der Waals surface area contributed by atoms with Gasteiger partial charge in [-0.05, 0) is 79.3 Å². The molecule has 1 fully saturated rings. The molecular weight excluding hydrogens is 549 g/mol. The number of sulfonamides is 1. The predicted octanol–water partition coefficient (Wildman–Crippen LogP) is 7.00. The first-order chi connectivity index (χ1) is 17.2. The van der Waals surface area contributed by atoms with Crippen LogP contribution in [-0.4, -0.2) is 21.0 Å². The highest BCUT2D eigenvalue weighted by Gasteiger charge is 2.31. The smallest absolute Gasteiger partial charge is 0.342 e. The SMILES string of the molecule is CCOC(=O)c1c(-c2ccc(F)cc2)oc2cc(NS(=O)(=O)Cc3cccc(Br)c3)c(C3CC3)cc12. The zero-order chi connectivity index (χ0) is 25.4. The Bertz CT molecular complexity index is 1560. The summed E-state index contributed by atoms with van der Waals surface area (Å²) >= 11 is 3.37. The van der Waals surface area contributed by atoms with E-state index < -0.39 is 21.8 Å². The van der Waals surface area contributed by atoms with Crippen molar-refractivity contribution >= 4 is 48.6 Å². The van der Waals surface area contributed by atoms with Crippen molar-refractivity contribution in [2.45, 2.75) is 31.4 Å². The Kier molecular flexibility index (Phi) is 6.61. The molecule has 1 aliphatic carbocycles. The highest BCUT2D eigenvalue weighted by molar-refractivity contribution is 9.10. The highest BCUT2D eigenvalue weighted by Crippen LogP contribution is 2.47. The molecule has 1 heterocycles. The normalized spacial score (nSPS) is 13.6. The van der Waals surface area contributed by atoms with Crippen LogP contribution < -0.4 is 4.72 Å². The third-order valence-electron chi connectivity index (χ3n) is 5.97. The third-order valence-corrected chi connectivity index (χ3v) is 7.71. The maximum atomic E-state index is 13.5. The molecule has 6 nitrogen and oxygen atoms in total. The molecular formula is C27H23BrFNO5S. The number of fused-ring (bicyclic) bond motifs is 1. The van der Waals surface area contributed by atoms with Gasteiger partial charge in [0, 0.05) is 21.5 Å². The summed E-state index contributed by atoms with van der Waals surface area (Å²) in [6.45, 7) is 1.89. The van der Waals surface area contributed by atoms with E-state index in [-0.39, 0.29) is 29.6 Å². The van der Waals surface area contributed by atoms with E-state index in [0.717, 1.165) is 22.9 Å². The second kappa shape index (κ2) is 9.71. The Morgan fingerprint density at radius 2 is 1.89 bits per heavy atom. The van der Waals surface area contributed by atoms with Gasteiger partial charge in [-0.3, -0.25) is 4.72 Å². The number of anilines is 1. The van der Waals surface area contributed by atoms with E-state index in [9.17, 15) is 17.6 Å². The summed E-state index contributed by atoms with van der Waals surface area (Å²) in [5, 5.41) is 0.532. The molecule has 0 radical (unpaired) electrons. The molecule has 1 N–H and O–H groups in total. The standard InChI is InChI=1S/C27H23BrFNO5S/c1-2-34-27(31)25-22-13-21(17-6-7-17)23(30-36(32,33)15-16-4-3-5-19(28)12-16)14-24(22)35-26(25)18-8-10-20(29)11-9-18/h3-5,8-14,17,30H,2,6-7,15H2,1H3. The lowest BCUT2D eigenvalue weighted by molar-refractivity contribution is 0.0528. The minimum Gasteiger partial charge on any atom is -0.462 e. The number of ether oxygens (including phenoxy) is 1. The summed E-state index contributed by atoms with van der Waals surface area (Å²) < 4.78 is 54.6. The lowest BCUT2D eigenvalue weighted by Crippen LogP contribution is -2.16. The average Bonchev–Trinajstić information content (AvgIpc) is 3.59. The molecule has 1 saturated carbocycles. The van der Waals surface area contributed by atoms with Gasteiger partial charge in [0.05, 0.1) is 18.0 Å². The first kappa shape index (κ1) is 24.5. The Labute approximate surface area is 216 Å². The maximum absolute atomic E-state index is 13.5. The van der Waals surface area contributed by atoms with Gasteiger partial charge in [0.1, 0.15) is 22.7 Å². The van der Waals surface area contributed by atoms with Crippen molar-refractivity contribution in [3.8, 4) is 11.3 Å². The quantitative estimate of drug-likeness (QED) is 0.230. The fourth-order valence-corrected chi connectivity index (χ4v) is 5.89. The number of esters is 1. The second-order valence-electron chi connectivity index (χ2n) is 8.73. The summed E-state index contributed by atoms with van der Waals surface area (Å²) in [5.41, 5.74) is 2.96. The predicted molar refractivity (Wildman–Crippen MR) is 140 cm³/mol. The Hall–Kier alpha value is -3.17. The van der Waals surface area contributed by atoms with E-state index in [1.807, 2.05) is 12.1 Å². The molecule has 0 atom stereocenters. The van der Waals surface area contributed by atoms with Gasteiger partial charge >= 0.3 is 5.97 Å². The number of furan rings is 1. The monoisotopic (exact) mass is 571 g/mol. The topological polar surface area (TPSA) is 85.6 Å². The Morgan fingerprint density at radius 3 is 2.56 bits per heavy atom. The molecule has 9 heteroatoms. The van der Waals surface area contributed by atoms with Crippen LogP contribution in [0.3, 0.4) is 0 Å². The second-order valence-corrected chi connectivity index (χ2v) is 11.4. The summed E-state index contributed by atoms with van der Waals surface area (Å²) in [4.78, 5) is 13.0. The van der Waals surface area contributed by atoms with Crippen LogP contribution in [0.25, 0.3) is 22.3 Å². The molecule has 3 aromatic carbocycles. The molecule has 0 saturated heterocycles. The largest absolute Gasteiger partial charge is 0.462 e. The number of hydrogen-bond donors (Lipinski definition) is 1. The summed E-state index contributed by atoms with van der Waals surface area (Å²) in [5.74, 6) is -0.732. The number of nitrogens with one attached hydrogen (secondary N) is 1. The highest BCUT2D eigenvalue weighted by atomic mass is 79.9. The van der Waals surface area contributed by atoms with Crippen molar-refractivity contribution < 1.29 is 26.8 Å². The van der Waals surface area contributed by atoms with Gasteiger partial charge in [0.25, 0.3) is 0 Å². The number of rotatable bonds is 8. The van der Waals surface area contributed by atoms with Gasteiger partial charge in [0.15, 0.2) is 0 Å². The number of halogens is 2. The van der Waals surface area contributed by atoms with Crippen molar-refractivity contribution in [1.82, 2.24) is 0 Å². The molecule has 5 rings (SSSR count). The van der Waals surface area contributed by atoms with Crippen molar-refractivity contribution in [2.75, 3.05) is 11.3 Å². The molecule has 1 aliphatic rings. The summed E-state index contributed by atoms with van der Waals surface area (Å²) in [7, 11) is -3.73. The fraction of sp³-hybridized carbons (Fsp3) is 0.222. The number of carbonyl (C=O) groups is 1. The van der Waals surface area contributed by atoms with Gasteiger partial charge in [-0.2, -0.15) is 0 Å². The van der Waals surface area contributed by atoms with Gasteiger partial charge in [0.2, 0.25) is 10.0 Å². The molecule has 0 aliphatic heterocycles. The lowest BCUT2D eigenvalue weighted by Gasteiger charge is -2.13. The Morgan fingerprint density at radius 1 is 1.14 bits per heavy atom. The molecule has 0 spiro atoms. The first-order valence-corrected chi connectivity index (χ1v) is 14.0. The van der Waals surface area contributed by atoms with Crippen molar-refractivity contribution in [3.05, 3.63) is 87.6 Å². The number of carbonyl (C=O) groups excluding carboxylic acids is 1. The molecule has 36 heavy (non-hydrogen) atoms. The zero-order valence-electron chi connectivity index (χ0n) is 19.4. The van der Waals surface area contributed by atoms with E-state index in [2.05, 4.69) is 20.7 Å². The van der Waals surface area contributed by atoms with E-state index in [1.54, 1.807) is 31.2 Å². The van der Waals surface area contributed by atoms with Crippen LogP contribution in [-0.2, 0) is 20.5 Å². The molecule has 0 bridgehead atoms. The zero-order valence-corrected chi connectivity index (χ0v) is 21.8. The molecule has 1 aromatic heterocycles. The van der Waals surface area contributed by atoms with Crippen molar-refractivity contribution in [2.24, 2.45) is 0 Å². The van der Waals surface area contributed by atoms with Gasteiger partial charge < -0.3 is 9.15 Å². The van der Waals surface area contributed by atoms with Crippen LogP contribution in [0.1, 0.15) is 47.2 Å². The number of benzene rings is 3. The van der Waals surface area contributed by atoms with E-state index in [4.69, 9.17) is 9.15 Å². The molecule has 0 unspecified atom stereocenters. The van der Waals surface area contributed by atoms with Crippen LogP contribution in [0.2, 0.25) is 0 Å². The lowest BCUT2D eigenvalue weighted by atomic mass is 10.0. The minimum absolute atomic E-state index is 0.178. The Balaban J connectivity index is 1.60. The van der Waals surface area contributed by atoms with Crippen LogP contribution in [0.15, 0.2) is 69.6 Å². The first-order valence-electron chi connectivity index (χ1n) is 11.5. The van der Waals surface area contributed by atoms with Crippen LogP contribution in [0, 0.1) is 5.82 Å². The summed E-state index contributed by atoms with van der Waals surface area (Å²) in [6.07, 6.45) is 1.84.